The summed E-state index contributed by atoms with van der Waals surface area (Å²) in [6, 6.07) is 9.92. The number of hydrogen-bond donors (Lipinski definition) is 1. The molecule has 1 fully saturated rings. The highest BCUT2D eigenvalue weighted by molar-refractivity contribution is 6.36. The molecule has 3 rings (SSSR count). The Balaban J connectivity index is 1.70. The molecule has 2 aromatic rings. The predicted octanol–water partition coefficient (Wildman–Crippen LogP) is 7.83. The molecule has 164 valence electrons. The lowest BCUT2D eigenvalue weighted by atomic mass is 9.96. The fraction of sp³-hybridized carbons (Fsp3) is 0.500. The van der Waals surface area contributed by atoms with E-state index in [1.165, 1.54) is 44.9 Å². The summed E-state index contributed by atoms with van der Waals surface area (Å²) in [7, 11) is 0. The Bertz CT molecular complexity index is 800. The Hall–Kier alpha value is -1.13. The van der Waals surface area contributed by atoms with Gasteiger partial charge in [0.1, 0.15) is 6.61 Å². The molecule has 0 spiro atoms. The first-order valence-corrected chi connectivity index (χ1v) is 12.0. The average Bonchev–Trinajstić information content (AvgIpc) is 2.68. The third-order valence-electron chi connectivity index (χ3n) is 5.49. The zero-order valence-corrected chi connectivity index (χ0v) is 19.8. The van der Waals surface area contributed by atoms with Gasteiger partial charge in [-0.05, 0) is 49.6 Å². The van der Waals surface area contributed by atoms with Crippen molar-refractivity contribution < 1.29 is 9.47 Å². The monoisotopic (exact) mass is 469 g/mol. The minimum Gasteiger partial charge on any atom is -0.490 e. The maximum Gasteiger partial charge on any atom is 0.180 e. The summed E-state index contributed by atoms with van der Waals surface area (Å²) in [6.07, 6.45) is 9.17. The zero-order valence-electron chi connectivity index (χ0n) is 17.5. The van der Waals surface area contributed by atoms with Crippen molar-refractivity contribution in [1.82, 2.24) is 5.32 Å². The standard InChI is InChI=1S/C24H30Cl3NO2/c1-2-29-23-14-17(15-28-18-9-6-4-3-5-7-10-18)13-22(27)24(23)30-16-19-20(25)11-8-12-21(19)26/h8,11-14,18,28H,2-7,9-10,15-16H2,1H3. The van der Waals surface area contributed by atoms with Crippen molar-refractivity contribution >= 4 is 34.8 Å². The van der Waals surface area contributed by atoms with Crippen LogP contribution in [0.25, 0.3) is 0 Å². The number of ether oxygens (including phenoxy) is 2. The molecule has 0 atom stereocenters. The highest BCUT2D eigenvalue weighted by atomic mass is 35.5. The van der Waals surface area contributed by atoms with Crippen LogP contribution >= 0.6 is 34.8 Å². The molecule has 1 N–H and O–H groups in total. The summed E-state index contributed by atoms with van der Waals surface area (Å²) in [5.74, 6) is 1.16. The van der Waals surface area contributed by atoms with E-state index < -0.39 is 0 Å². The van der Waals surface area contributed by atoms with Crippen LogP contribution < -0.4 is 14.8 Å². The molecule has 1 aliphatic carbocycles. The van der Waals surface area contributed by atoms with Gasteiger partial charge in [-0.2, -0.15) is 0 Å². The number of benzene rings is 2. The first kappa shape index (κ1) is 23.5. The van der Waals surface area contributed by atoms with Crippen molar-refractivity contribution in [3.8, 4) is 11.5 Å². The van der Waals surface area contributed by atoms with Gasteiger partial charge >= 0.3 is 0 Å². The van der Waals surface area contributed by atoms with Crippen LogP contribution in [0.3, 0.4) is 0 Å². The lowest BCUT2D eigenvalue weighted by Crippen LogP contribution is -2.29. The van der Waals surface area contributed by atoms with Crippen molar-refractivity contribution in [2.75, 3.05) is 6.61 Å². The molecule has 6 heteroatoms. The Morgan fingerprint density at radius 1 is 0.900 bits per heavy atom. The second kappa shape index (κ2) is 12.0. The molecule has 0 aromatic heterocycles. The minimum atomic E-state index is 0.220. The molecule has 2 aromatic carbocycles. The summed E-state index contributed by atoms with van der Waals surface area (Å²) < 4.78 is 11.8. The van der Waals surface area contributed by atoms with Gasteiger partial charge in [-0.25, -0.2) is 0 Å². The van der Waals surface area contributed by atoms with Crippen molar-refractivity contribution in [1.29, 1.82) is 0 Å². The molecular formula is C24H30Cl3NO2. The summed E-state index contributed by atoms with van der Waals surface area (Å²) in [5, 5.41) is 5.36. The Morgan fingerprint density at radius 3 is 2.23 bits per heavy atom. The number of rotatable bonds is 8. The number of nitrogens with one attached hydrogen (secondary N) is 1. The van der Waals surface area contributed by atoms with E-state index in [1.807, 2.05) is 25.1 Å². The predicted molar refractivity (Wildman–Crippen MR) is 126 cm³/mol. The van der Waals surface area contributed by atoms with E-state index in [4.69, 9.17) is 44.3 Å². The molecule has 0 radical (unpaired) electrons. The van der Waals surface area contributed by atoms with E-state index >= 15 is 0 Å². The van der Waals surface area contributed by atoms with Crippen LogP contribution in [-0.4, -0.2) is 12.6 Å². The topological polar surface area (TPSA) is 30.5 Å². The third-order valence-corrected chi connectivity index (χ3v) is 6.48. The number of halogens is 3. The Labute approximate surface area is 195 Å². The van der Waals surface area contributed by atoms with Gasteiger partial charge in [0.05, 0.1) is 11.6 Å². The van der Waals surface area contributed by atoms with Crippen LogP contribution in [0.4, 0.5) is 0 Å². The van der Waals surface area contributed by atoms with E-state index in [-0.39, 0.29) is 6.61 Å². The van der Waals surface area contributed by atoms with E-state index in [0.717, 1.165) is 17.7 Å². The van der Waals surface area contributed by atoms with Gasteiger partial charge < -0.3 is 14.8 Å². The first-order valence-electron chi connectivity index (χ1n) is 10.8. The highest BCUT2D eigenvalue weighted by Gasteiger charge is 2.16. The second-order valence-corrected chi connectivity index (χ2v) is 8.97. The van der Waals surface area contributed by atoms with Crippen molar-refractivity contribution in [3.05, 3.63) is 56.5 Å². The van der Waals surface area contributed by atoms with E-state index in [0.29, 0.717) is 39.2 Å². The van der Waals surface area contributed by atoms with Crippen LogP contribution in [0.1, 0.15) is 63.0 Å². The fourth-order valence-electron chi connectivity index (χ4n) is 3.86. The fourth-order valence-corrected chi connectivity index (χ4v) is 4.66. The van der Waals surface area contributed by atoms with Gasteiger partial charge in [-0.1, -0.05) is 73.0 Å². The molecule has 0 saturated heterocycles. The summed E-state index contributed by atoms with van der Waals surface area (Å²) >= 11 is 19.1. The molecule has 1 aliphatic rings. The molecule has 0 aliphatic heterocycles. The molecule has 0 unspecified atom stereocenters. The van der Waals surface area contributed by atoms with E-state index in [9.17, 15) is 0 Å². The molecule has 3 nitrogen and oxygen atoms in total. The van der Waals surface area contributed by atoms with Crippen molar-refractivity contribution in [2.24, 2.45) is 0 Å². The minimum absolute atomic E-state index is 0.220. The zero-order chi connectivity index (χ0) is 21.3. The van der Waals surface area contributed by atoms with E-state index in [1.54, 1.807) is 12.1 Å². The van der Waals surface area contributed by atoms with Gasteiger partial charge in [0.15, 0.2) is 11.5 Å². The van der Waals surface area contributed by atoms with Crippen LogP contribution in [0.5, 0.6) is 11.5 Å². The molecule has 0 heterocycles. The largest absolute Gasteiger partial charge is 0.490 e. The van der Waals surface area contributed by atoms with Gasteiger partial charge in [0.25, 0.3) is 0 Å². The Morgan fingerprint density at radius 2 is 1.57 bits per heavy atom. The lowest BCUT2D eigenvalue weighted by Gasteiger charge is -2.22. The van der Waals surface area contributed by atoms with Gasteiger partial charge in [0.2, 0.25) is 0 Å². The smallest absolute Gasteiger partial charge is 0.180 e. The Kier molecular flexibility index (Phi) is 9.45. The second-order valence-electron chi connectivity index (χ2n) is 7.75. The number of hydrogen-bond acceptors (Lipinski definition) is 3. The molecular weight excluding hydrogens is 441 g/mol. The maximum absolute atomic E-state index is 6.59. The summed E-state index contributed by atoms with van der Waals surface area (Å²) in [6.45, 7) is 3.46. The first-order chi connectivity index (χ1) is 14.6. The van der Waals surface area contributed by atoms with Crippen molar-refractivity contribution in [2.45, 2.75) is 71.1 Å². The van der Waals surface area contributed by atoms with Crippen molar-refractivity contribution in [3.63, 3.8) is 0 Å². The van der Waals surface area contributed by atoms with Gasteiger partial charge in [0, 0.05) is 28.2 Å². The SMILES string of the molecule is CCOc1cc(CNC2CCCCCCC2)cc(Cl)c1OCc1c(Cl)cccc1Cl. The summed E-state index contributed by atoms with van der Waals surface area (Å²) in [5.41, 5.74) is 1.82. The van der Waals surface area contributed by atoms with Gasteiger partial charge in [-0.15, -0.1) is 0 Å². The average molecular weight is 471 g/mol. The quantitative estimate of drug-likeness (QED) is 0.426. The van der Waals surface area contributed by atoms with E-state index in [2.05, 4.69) is 5.32 Å². The molecule has 0 bridgehead atoms. The molecule has 0 amide bonds. The molecule has 1 saturated carbocycles. The summed E-state index contributed by atoms with van der Waals surface area (Å²) in [4.78, 5) is 0. The lowest BCUT2D eigenvalue weighted by molar-refractivity contribution is 0.269. The third kappa shape index (κ3) is 6.68. The molecule has 30 heavy (non-hydrogen) atoms. The van der Waals surface area contributed by atoms with Gasteiger partial charge in [-0.3, -0.25) is 0 Å². The maximum atomic E-state index is 6.59. The normalized spacial score (nSPS) is 15.5. The van der Waals surface area contributed by atoms with Crippen LogP contribution in [0.15, 0.2) is 30.3 Å². The highest BCUT2D eigenvalue weighted by Crippen LogP contribution is 2.38. The van der Waals surface area contributed by atoms with Crippen LogP contribution in [0, 0.1) is 0 Å². The van der Waals surface area contributed by atoms with Crippen LogP contribution in [-0.2, 0) is 13.2 Å². The van der Waals surface area contributed by atoms with Crippen LogP contribution in [0.2, 0.25) is 15.1 Å².